The molecule has 1 unspecified atom stereocenters. The molecule has 0 aromatic heterocycles. The van der Waals surface area contributed by atoms with Crippen LogP contribution in [0.5, 0.6) is 11.5 Å². The molecule has 0 aliphatic heterocycles. The normalized spacial score (nSPS) is 12.7. The number of benzene rings is 2. The Labute approximate surface area is 153 Å². The Bertz CT molecular complexity index is 882. The average Bonchev–Trinajstić information content (AvgIpc) is 2.66. The molecule has 9 heteroatoms. The molecule has 0 aliphatic carbocycles. The van der Waals surface area contributed by atoms with E-state index < -0.39 is 41.4 Å². The van der Waals surface area contributed by atoms with E-state index in [-0.39, 0.29) is 16.7 Å². The molecule has 0 radical (unpaired) electrons. The number of aliphatic hydroxyl groups excluding tert-OH is 1. The largest absolute Gasteiger partial charge is 0.504 e. The van der Waals surface area contributed by atoms with E-state index in [1.54, 1.807) is 6.07 Å². The minimum atomic E-state index is -1.76. The number of aliphatic carboxylic acids is 1. The predicted octanol–water partition coefficient (Wildman–Crippen LogP) is 0.374. The Morgan fingerprint density at radius 1 is 0.926 bits per heavy atom. The van der Waals surface area contributed by atoms with Crippen LogP contribution >= 0.6 is 0 Å². The average molecular weight is 374 g/mol. The molecule has 9 nitrogen and oxygen atoms in total. The fourth-order valence-electron chi connectivity index (χ4n) is 2.43. The van der Waals surface area contributed by atoms with Gasteiger partial charge in [0.25, 0.3) is 11.8 Å². The maximum Gasteiger partial charge on any atom is 0.329 e. The number of amides is 2. The number of carbonyl (C=O) groups excluding carboxylic acids is 2. The molecule has 0 spiro atoms. The maximum atomic E-state index is 12.5. The van der Waals surface area contributed by atoms with Gasteiger partial charge in [0.2, 0.25) is 0 Å². The van der Waals surface area contributed by atoms with Crippen LogP contribution in [0.25, 0.3) is 0 Å². The molecule has 142 valence electrons. The molecule has 2 amide bonds. The molecule has 0 fully saturated rings. The van der Waals surface area contributed by atoms with Crippen molar-refractivity contribution in [1.29, 1.82) is 0 Å². The summed E-state index contributed by atoms with van der Waals surface area (Å²) in [6.45, 7) is 0. The molecule has 0 aliphatic rings. The number of hydrogen-bond donors (Lipinski definition) is 6. The van der Waals surface area contributed by atoms with Crippen molar-refractivity contribution in [3.8, 4) is 11.5 Å². The van der Waals surface area contributed by atoms with Crippen LogP contribution < -0.4 is 10.6 Å². The lowest BCUT2D eigenvalue weighted by Crippen LogP contribution is -2.45. The van der Waals surface area contributed by atoms with Crippen LogP contribution in [0, 0.1) is 0 Å². The summed E-state index contributed by atoms with van der Waals surface area (Å²) >= 11 is 0. The molecule has 27 heavy (non-hydrogen) atoms. The molecular formula is C18H18N2O7. The van der Waals surface area contributed by atoms with Crippen molar-refractivity contribution in [2.75, 3.05) is 7.05 Å². The van der Waals surface area contributed by atoms with Crippen LogP contribution in [0.3, 0.4) is 0 Å². The van der Waals surface area contributed by atoms with Gasteiger partial charge in [-0.25, -0.2) is 4.79 Å². The fraction of sp³-hybridized carbons (Fsp3) is 0.167. The van der Waals surface area contributed by atoms with Crippen molar-refractivity contribution in [2.24, 2.45) is 0 Å². The molecule has 0 saturated heterocycles. The smallest absolute Gasteiger partial charge is 0.329 e. The lowest BCUT2D eigenvalue weighted by molar-refractivity contribution is -0.142. The second kappa shape index (κ2) is 8.19. The van der Waals surface area contributed by atoms with Gasteiger partial charge in [-0.05, 0) is 29.8 Å². The van der Waals surface area contributed by atoms with Gasteiger partial charge >= 0.3 is 5.97 Å². The number of carboxylic acid groups (broad SMARTS) is 1. The highest BCUT2D eigenvalue weighted by atomic mass is 16.4. The van der Waals surface area contributed by atoms with E-state index in [1.165, 1.54) is 31.3 Å². The third-order valence-electron chi connectivity index (χ3n) is 3.85. The zero-order valence-electron chi connectivity index (χ0n) is 14.2. The van der Waals surface area contributed by atoms with Gasteiger partial charge in [-0.3, -0.25) is 9.59 Å². The van der Waals surface area contributed by atoms with Crippen molar-refractivity contribution >= 4 is 17.8 Å². The molecule has 2 rings (SSSR count). The second-order valence-electron chi connectivity index (χ2n) is 5.61. The van der Waals surface area contributed by atoms with E-state index in [0.717, 1.165) is 12.1 Å². The van der Waals surface area contributed by atoms with Gasteiger partial charge in [0.15, 0.2) is 17.5 Å². The van der Waals surface area contributed by atoms with E-state index >= 15 is 0 Å². The van der Waals surface area contributed by atoms with E-state index in [2.05, 4.69) is 10.6 Å². The lowest BCUT2D eigenvalue weighted by Gasteiger charge is -2.21. The lowest BCUT2D eigenvalue weighted by atomic mass is 10.0. The first kappa shape index (κ1) is 19.7. The summed E-state index contributed by atoms with van der Waals surface area (Å²) in [6.07, 6.45) is -1.72. The molecule has 0 saturated carbocycles. The summed E-state index contributed by atoms with van der Waals surface area (Å²) in [5.74, 6) is -3.92. The van der Waals surface area contributed by atoms with Crippen molar-refractivity contribution in [3.05, 3.63) is 59.2 Å². The van der Waals surface area contributed by atoms with E-state index in [0.29, 0.717) is 0 Å². The summed E-state index contributed by atoms with van der Waals surface area (Å²) in [5.41, 5.74) is -0.0557. The number of aliphatic hydroxyl groups is 1. The summed E-state index contributed by atoms with van der Waals surface area (Å²) in [4.78, 5) is 35.9. The minimum Gasteiger partial charge on any atom is -0.504 e. The third kappa shape index (κ3) is 4.33. The number of rotatable bonds is 6. The monoisotopic (exact) mass is 374 g/mol. The van der Waals surface area contributed by atoms with E-state index in [1.807, 2.05) is 0 Å². The fourth-order valence-corrected chi connectivity index (χ4v) is 2.43. The maximum absolute atomic E-state index is 12.5. The van der Waals surface area contributed by atoms with Crippen LogP contribution in [0.4, 0.5) is 0 Å². The van der Waals surface area contributed by atoms with Crippen LogP contribution in [-0.2, 0) is 4.79 Å². The number of phenols is 2. The number of hydrogen-bond acceptors (Lipinski definition) is 6. The van der Waals surface area contributed by atoms with Crippen LogP contribution in [0.2, 0.25) is 0 Å². The highest BCUT2D eigenvalue weighted by molar-refractivity contribution is 6.07. The number of carboxylic acids is 1. The van der Waals surface area contributed by atoms with Gasteiger partial charge in [-0.1, -0.05) is 18.2 Å². The third-order valence-corrected chi connectivity index (χ3v) is 3.85. The van der Waals surface area contributed by atoms with Crippen LogP contribution in [0.15, 0.2) is 42.5 Å². The highest BCUT2D eigenvalue weighted by Gasteiger charge is 2.31. The molecule has 2 atom stereocenters. The Morgan fingerprint density at radius 3 is 2.04 bits per heavy atom. The second-order valence-corrected chi connectivity index (χ2v) is 5.61. The molecule has 6 N–H and O–H groups in total. The minimum absolute atomic E-state index is 0.0300. The molecule has 0 bridgehead atoms. The molecular weight excluding hydrogens is 356 g/mol. The first-order valence-corrected chi connectivity index (χ1v) is 7.81. The van der Waals surface area contributed by atoms with Gasteiger partial charge in [0.05, 0.1) is 11.1 Å². The zero-order chi connectivity index (χ0) is 20.1. The van der Waals surface area contributed by atoms with Gasteiger partial charge in [-0.15, -0.1) is 0 Å². The quantitative estimate of drug-likeness (QED) is 0.399. The topological polar surface area (TPSA) is 156 Å². The summed E-state index contributed by atoms with van der Waals surface area (Å²) in [7, 11) is 1.39. The number of nitrogens with one attached hydrogen (secondary N) is 2. The van der Waals surface area contributed by atoms with E-state index in [4.69, 9.17) is 0 Å². The number of carbonyl (C=O) groups is 3. The molecule has 0 heterocycles. The first-order valence-electron chi connectivity index (χ1n) is 7.81. The Balaban J connectivity index is 2.31. The Hall–Kier alpha value is -3.59. The zero-order valence-corrected chi connectivity index (χ0v) is 14.2. The Kier molecular flexibility index (Phi) is 5.99. The SMILES string of the molecule is CNC(=O)c1ccccc1C(=O)N[C@H](C(=O)O)C(O)c1ccc(O)c(O)c1. The molecule has 2 aromatic rings. The summed E-state index contributed by atoms with van der Waals surface area (Å²) in [5, 5.41) is 43.1. The van der Waals surface area contributed by atoms with Crippen molar-refractivity contribution in [1.82, 2.24) is 10.6 Å². The first-order chi connectivity index (χ1) is 12.8. The van der Waals surface area contributed by atoms with Gasteiger partial charge in [0, 0.05) is 7.05 Å². The van der Waals surface area contributed by atoms with Gasteiger partial charge in [-0.2, -0.15) is 0 Å². The Morgan fingerprint density at radius 2 is 1.52 bits per heavy atom. The summed E-state index contributed by atoms with van der Waals surface area (Å²) < 4.78 is 0. The van der Waals surface area contributed by atoms with Crippen LogP contribution in [-0.4, -0.2) is 51.3 Å². The highest BCUT2D eigenvalue weighted by Crippen LogP contribution is 2.29. The van der Waals surface area contributed by atoms with Crippen molar-refractivity contribution in [3.63, 3.8) is 0 Å². The van der Waals surface area contributed by atoms with Gasteiger partial charge < -0.3 is 31.1 Å². The van der Waals surface area contributed by atoms with Crippen molar-refractivity contribution in [2.45, 2.75) is 12.1 Å². The van der Waals surface area contributed by atoms with Gasteiger partial charge in [0.1, 0.15) is 6.10 Å². The van der Waals surface area contributed by atoms with Crippen molar-refractivity contribution < 1.29 is 34.8 Å². The van der Waals surface area contributed by atoms with Crippen LogP contribution in [0.1, 0.15) is 32.4 Å². The number of phenolic OH excluding ortho intramolecular Hbond substituents is 2. The number of aromatic hydroxyl groups is 2. The van der Waals surface area contributed by atoms with E-state index in [9.17, 15) is 34.8 Å². The molecule has 2 aromatic carbocycles. The summed E-state index contributed by atoms with van der Waals surface area (Å²) in [6, 6.07) is 7.31. The standard InChI is InChI=1S/C18H18N2O7/c1-19-16(24)10-4-2-3-5-11(10)17(25)20-14(18(26)27)15(23)9-6-7-12(21)13(22)8-9/h2-8,14-15,21-23H,1H3,(H,19,24)(H,20,25)(H,26,27)/t14-,15?/m0/s1. The predicted molar refractivity (Wildman–Crippen MR) is 93.5 cm³/mol.